The fourth-order valence-corrected chi connectivity index (χ4v) is 2.53. The van der Waals surface area contributed by atoms with Gasteiger partial charge in [0.1, 0.15) is 5.82 Å². The Morgan fingerprint density at radius 3 is 2.63 bits per heavy atom. The van der Waals surface area contributed by atoms with E-state index in [2.05, 4.69) is 47.8 Å². The van der Waals surface area contributed by atoms with Gasteiger partial charge in [-0.2, -0.15) is 0 Å². The highest BCUT2D eigenvalue weighted by molar-refractivity contribution is 5.41. The smallest absolute Gasteiger partial charge is 0.128 e. The zero-order valence-corrected chi connectivity index (χ0v) is 12.6. The van der Waals surface area contributed by atoms with E-state index in [9.17, 15) is 0 Å². The molecule has 4 heteroatoms. The molecule has 4 nitrogen and oxygen atoms in total. The monoisotopic (exact) mass is 262 g/mol. The van der Waals surface area contributed by atoms with Crippen molar-refractivity contribution in [3.63, 3.8) is 0 Å². The SMILES string of the molecule is CC(N)Cc1ccc(N2CCN(C)C(C)(C)C2)nc1. The van der Waals surface area contributed by atoms with E-state index in [0.29, 0.717) is 0 Å². The first-order valence-corrected chi connectivity index (χ1v) is 7.05. The summed E-state index contributed by atoms with van der Waals surface area (Å²) in [7, 11) is 2.19. The van der Waals surface area contributed by atoms with Crippen LogP contribution >= 0.6 is 0 Å². The van der Waals surface area contributed by atoms with Crippen LogP contribution < -0.4 is 10.6 Å². The summed E-state index contributed by atoms with van der Waals surface area (Å²) in [5.74, 6) is 1.08. The molecule has 1 atom stereocenters. The van der Waals surface area contributed by atoms with E-state index in [1.165, 1.54) is 5.56 Å². The summed E-state index contributed by atoms with van der Waals surface area (Å²) < 4.78 is 0. The maximum Gasteiger partial charge on any atom is 0.128 e. The molecule has 1 fully saturated rings. The van der Waals surface area contributed by atoms with Crippen LogP contribution in [0.2, 0.25) is 0 Å². The molecule has 0 bridgehead atoms. The van der Waals surface area contributed by atoms with Gasteiger partial charge < -0.3 is 10.6 Å². The van der Waals surface area contributed by atoms with Crippen molar-refractivity contribution in [2.45, 2.75) is 38.8 Å². The Morgan fingerprint density at radius 1 is 1.37 bits per heavy atom. The molecule has 0 aliphatic carbocycles. The van der Waals surface area contributed by atoms with Crippen LogP contribution in [0.3, 0.4) is 0 Å². The average Bonchev–Trinajstić information content (AvgIpc) is 2.33. The third-order valence-corrected chi connectivity index (χ3v) is 4.01. The molecule has 1 aromatic heterocycles. The Hall–Kier alpha value is -1.13. The van der Waals surface area contributed by atoms with Gasteiger partial charge in [0.25, 0.3) is 0 Å². The molecule has 1 aliphatic rings. The van der Waals surface area contributed by atoms with Crippen LogP contribution in [0.15, 0.2) is 18.3 Å². The van der Waals surface area contributed by atoms with Crippen molar-refractivity contribution in [3.05, 3.63) is 23.9 Å². The number of piperazine rings is 1. The summed E-state index contributed by atoms with van der Waals surface area (Å²) >= 11 is 0. The third kappa shape index (κ3) is 3.45. The number of hydrogen-bond acceptors (Lipinski definition) is 4. The summed E-state index contributed by atoms with van der Waals surface area (Å²) in [5, 5.41) is 0. The molecular weight excluding hydrogens is 236 g/mol. The van der Waals surface area contributed by atoms with Crippen LogP contribution in [0.5, 0.6) is 0 Å². The Morgan fingerprint density at radius 2 is 2.11 bits per heavy atom. The van der Waals surface area contributed by atoms with Gasteiger partial charge >= 0.3 is 0 Å². The van der Waals surface area contributed by atoms with Crippen molar-refractivity contribution in [1.82, 2.24) is 9.88 Å². The summed E-state index contributed by atoms with van der Waals surface area (Å²) in [6.07, 6.45) is 2.85. The van der Waals surface area contributed by atoms with E-state index in [-0.39, 0.29) is 11.6 Å². The third-order valence-electron chi connectivity index (χ3n) is 4.01. The maximum absolute atomic E-state index is 5.81. The summed E-state index contributed by atoms with van der Waals surface area (Å²) in [5.41, 5.74) is 7.23. The quantitative estimate of drug-likeness (QED) is 0.897. The maximum atomic E-state index is 5.81. The van der Waals surface area contributed by atoms with E-state index in [1.54, 1.807) is 0 Å². The molecule has 2 rings (SSSR count). The number of anilines is 1. The fourth-order valence-electron chi connectivity index (χ4n) is 2.53. The average molecular weight is 262 g/mol. The first-order chi connectivity index (χ1) is 8.88. The highest BCUT2D eigenvalue weighted by atomic mass is 15.3. The van der Waals surface area contributed by atoms with Gasteiger partial charge in [-0.3, -0.25) is 4.90 Å². The number of nitrogens with two attached hydrogens (primary N) is 1. The second kappa shape index (κ2) is 5.47. The van der Waals surface area contributed by atoms with Crippen LogP contribution in [-0.2, 0) is 6.42 Å². The van der Waals surface area contributed by atoms with Crippen LogP contribution in [-0.4, -0.2) is 48.1 Å². The first kappa shape index (κ1) is 14.3. The number of hydrogen-bond donors (Lipinski definition) is 1. The van der Waals surface area contributed by atoms with E-state index in [0.717, 1.165) is 31.9 Å². The number of likely N-dealkylation sites (N-methyl/N-ethyl adjacent to an activating group) is 1. The van der Waals surface area contributed by atoms with E-state index < -0.39 is 0 Å². The lowest BCUT2D eigenvalue weighted by molar-refractivity contribution is 0.138. The van der Waals surface area contributed by atoms with Crippen molar-refractivity contribution >= 4 is 5.82 Å². The van der Waals surface area contributed by atoms with Crippen molar-refractivity contribution in [3.8, 4) is 0 Å². The normalized spacial score (nSPS) is 21.4. The van der Waals surface area contributed by atoms with Crippen LogP contribution in [0.1, 0.15) is 26.3 Å². The Kier molecular flexibility index (Phi) is 4.11. The largest absolute Gasteiger partial charge is 0.354 e. The van der Waals surface area contributed by atoms with Gasteiger partial charge in [-0.1, -0.05) is 6.07 Å². The topological polar surface area (TPSA) is 45.4 Å². The van der Waals surface area contributed by atoms with Crippen molar-refractivity contribution in [2.75, 3.05) is 31.6 Å². The molecule has 0 saturated carbocycles. The highest BCUT2D eigenvalue weighted by Gasteiger charge is 2.31. The van der Waals surface area contributed by atoms with Gasteiger partial charge in [0.2, 0.25) is 0 Å². The number of rotatable bonds is 3. The minimum Gasteiger partial charge on any atom is -0.354 e. The summed E-state index contributed by atoms with van der Waals surface area (Å²) in [6.45, 7) is 9.73. The van der Waals surface area contributed by atoms with Crippen molar-refractivity contribution < 1.29 is 0 Å². The Bertz CT molecular complexity index is 411. The van der Waals surface area contributed by atoms with Gasteiger partial charge in [-0.25, -0.2) is 4.98 Å². The lowest BCUT2D eigenvalue weighted by atomic mass is 10.00. The minimum atomic E-state index is 0.190. The zero-order valence-electron chi connectivity index (χ0n) is 12.6. The zero-order chi connectivity index (χ0) is 14.0. The molecular formula is C15H26N4. The van der Waals surface area contributed by atoms with Gasteiger partial charge in [-0.05, 0) is 45.9 Å². The van der Waals surface area contributed by atoms with Gasteiger partial charge in [0.05, 0.1) is 0 Å². The fraction of sp³-hybridized carbons (Fsp3) is 0.667. The standard InChI is InChI=1S/C15H26N4/c1-12(16)9-13-5-6-14(17-10-13)19-8-7-18(4)15(2,3)11-19/h5-6,10,12H,7-9,11,16H2,1-4H3. The second-order valence-electron chi connectivity index (χ2n) is 6.36. The molecule has 0 spiro atoms. The molecule has 2 N–H and O–H groups in total. The Balaban J connectivity index is 2.06. The second-order valence-corrected chi connectivity index (χ2v) is 6.36. The molecule has 1 unspecified atom stereocenters. The molecule has 2 heterocycles. The number of pyridine rings is 1. The van der Waals surface area contributed by atoms with Crippen LogP contribution in [0, 0.1) is 0 Å². The van der Waals surface area contributed by atoms with Gasteiger partial charge in [0, 0.05) is 37.4 Å². The summed E-state index contributed by atoms with van der Waals surface area (Å²) in [6, 6.07) is 4.46. The predicted octanol–water partition coefficient (Wildman–Crippen LogP) is 1.50. The lowest BCUT2D eigenvalue weighted by Crippen LogP contribution is -2.57. The summed E-state index contributed by atoms with van der Waals surface area (Å²) in [4.78, 5) is 9.38. The number of nitrogens with zero attached hydrogens (tertiary/aromatic N) is 3. The van der Waals surface area contributed by atoms with E-state index in [4.69, 9.17) is 5.73 Å². The predicted molar refractivity (Wildman–Crippen MR) is 80.5 cm³/mol. The van der Waals surface area contributed by atoms with Gasteiger partial charge in [-0.15, -0.1) is 0 Å². The molecule has 106 valence electrons. The van der Waals surface area contributed by atoms with Gasteiger partial charge in [0.15, 0.2) is 0 Å². The molecule has 0 radical (unpaired) electrons. The van der Waals surface area contributed by atoms with E-state index in [1.807, 2.05) is 13.1 Å². The number of aromatic nitrogens is 1. The molecule has 1 aliphatic heterocycles. The first-order valence-electron chi connectivity index (χ1n) is 7.05. The van der Waals surface area contributed by atoms with E-state index >= 15 is 0 Å². The van der Waals surface area contributed by atoms with Crippen molar-refractivity contribution in [2.24, 2.45) is 5.73 Å². The molecule has 1 aromatic rings. The molecule has 0 amide bonds. The Labute approximate surface area is 116 Å². The molecule has 19 heavy (non-hydrogen) atoms. The lowest BCUT2D eigenvalue weighted by Gasteiger charge is -2.45. The molecule has 1 saturated heterocycles. The van der Waals surface area contributed by atoms with Crippen LogP contribution in [0.4, 0.5) is 5.82 Å². The van der Waals surface area contributed by atoms with Crippen molar-refractivity contribution in [1.29, 1.82) is 0 Å². The van der Waals surface area contributed by atoms with Crippen LogP contribution in [0.25, 0.3) is 0 Å². The minimum absolute atomic E-state index is 0.190. The highest BCUT2D eigenvalue weighted by Crippen LogP contribution is 2.23. The molecule has 0 aromatic carbocycles.